The van der Waals surface area contributed by atoms with Crippen molar-refractivity contribution in [3.8, 4) is 0 Å². The van der Waals surface area contributed by atoms with Crippen molar-refractivity contribution in [1.29, 1.82) is 0 Å². The lowest BCUT2D eigenvalue weighted by Crippen LogP contribution is -2.36. The number of imidazole rings is 1. The number of hydrogen-bond acceptors (Lipinski definition) is 2. The molecule has 0 spiro atoms. The summed E-state index contributed by atoms with van der Waals surface area (Å²) in [5, 5.41) is 6.67. The van der Waals surface area contributed by atoms with Gasteiger partial charge in [-0.05, 0) is 53.0 Å². The van der Waals surface area contributed by atoms with Crippen LogP contribution < -0.4 is 10.6 Å². The van der Waals surface area contributed by atoms with E-state index in [1.165, 1.54) is 16.7 Å². The number of guanidine groups is 1. The van der Waals surface area contributed by atoms with Crippen LogP contribution in [0.5, 0.6) is 0 Å². The normalized spacial score (nSPS) is 11.3. The molecule has 0 radical (unpaired) electrons. The second kappa shape index (κ2) is 9.36. The maximum atomic E-state index is 4.60. The Morgan fingerprint density at radius 3 is 2.62 bits per heavy atom. The van der Waals surface area contributed by atoms with Gasteiger partial charge in [-0.2, -0.15) is 0 Å². The monoisotopic (exact) mass is 527 g/mol. The second-order valence-corrected chi connectivity index (χ2v) is 6.97. The van der Waals surface area contributed by atoms with E-state index in [9.17, 15) is 0 Å². The van der Waals surface area contributed by atoms with Gasteiger partial charge >= 0.3 is 0 Å². The number of aromatic nitrogens is 2. The maximum absolute atomic E-state index is 4.60. The van der Waals surface area contributed by atoms with Gasteiger partial charge in [-0.3, -0.25) is 4.99 Å². The van der Waals surface area contributed by atoms with Crippen molar-refractivity contribution in [2.45, 2.75) is 26.9 Å². The molecule has 2 heterocycles. The summed E-state index contributed by atoms with van der Waals surface area (Å²) in [5.74, 6) is 0.762. The van der Waals surface area contributed by atoms with Crippen LogP contribution in [0, 0.1) is 13.8 Å². The Balaban J connectivity index is 0.00000243. The van der Waals surface area contributed by atoms with E-state index < -0.39 is 0 Å². The van der Waals surface area contributed by atoms with Crippen LogP contribution in [0.15, 0.2) is 52.2 Å². The highest BCUT2D eigenvalue weighted by atomic mass is 127. The molecule has 2 N–H and O–H groups in total. The third kappa shape index (κ3) is 5.20. The van der Waals surface area contributed by atoms with Crippen LogP contribution >= 0.6 is 39.9 Å². The highest BCUT2D eigenvalue weighted by Crippen LogP contribution is 2.12. The molecule has 0 aliphatic heterocycles. The van der Waals surface area contributed by atoms with E-state index in [1.807, 2.05) is 28.9 Å². The van der Waals surface area contributed by atoms with E-state index >= 15 is 0 Å². The third-order valence-electron chi connectivity index (χ3n) is 4.07. The number of rotatable bonds is 4. The lowest BCUT2D eigenvalue weighted by Gasteiger charge is -2.12. The van der Waals surface area contributed by atoms with E-state index in [1.54, 1.807) is 7.05 Å². The van der Waals surface area contributed by atoms with Crippen LogP contribution in [0.25, 0.3) is 5.65 Å². The molecule has 0 saturated heterocycles. The minimum absolute atomic E-state index is 0. The smallest absolute Gasteiger partial charge is 0.191 e. The molecular formula is C19H23BrIN5. The predicted molar refractivity (Wildman–Crippen MR) is 121 cm³/mol. The van der Waals surface area contributed by atoms with E-state index in [0.717, 1.165) is 28.3 Å². The number of hydrogen-bond donors (Lipinski definition) is 2. The summed E-state index contributed by atoms with van der Waals surface area (Å²) in [5.41, 5.74) is 5.73. The van der Waals surface area contributed by atoms with E-state index in [0.29, 0.717) is 6.54 Å². The highest BCUT2D eigenvalue weighted by Gasteiger charge is 2.05. The van der Waals surface area contributed by atoms with E-state index in [4.69, 9.17) is 0 Å². The topological polar surface area (TPSA) is 53.7 Å². The Bertz CT molecular complexity index is 919. The molecule has 0 unspecified atom stereocenters. The Hall–Kier alpha value is -1.61. The van der Waals surface area contributed by atoms with Gasteiger partial charge in [0, 0.05) is 30.5 Å². The van der Waals surface area contributed by atoms with Crippen molar-refractivity contribution in [2.24, 2.45) is 4.99 Å². The standard InChI is InChI=1S/C19H22BrN5.HI/c1-13-4-5-15(14(2)8-13)9-22-19(21-3)23-10-17-12-25-11-16(20)6-7-18(25)24-17;/h4-8,11-12H,9-10H2,1-3H3,(H2,21,22,23);1H. The fourth-order valence-electron chi connectivity index (χ4n) is 2.72. The Morgan fingerprint density at radius 2 is 1.88 bits per heavy atom. The molecule has 2 aromatic heterocycles. The summed E-state index contributed by atoms with van der Waals surface area (Å²) in [7, 11) is 1.78. The summed E-state index contributed by atoms with van der Waals surface area (Å²) in [6.07, 6.45) is 4.02. The lowest BCUT2D eigenvalue weighted by atomic mass is 10.1. The molecule has 138 valence electrons. The fraction of sp³-hybridized carbons (Fsp3) is 0.263. The predicted octanol–water partition coefficient (Wildman–Crippen LogP) is 4.20. The van der Waals surface area contributed by atoms with Crippen molar-refractivity contribution in [3.05, 3.63) is 69.6 Å². The van der Waals surface area contributed by atoms with Crippen molar-refractivity contribution in [3.63, 3.8) is 0 Å². The number of benzene rings is 1. The molecule has 5 nitrogen and oxygen atoms in total. The zero-order chi connectivity index (χ0) is 17.8. The Kier molecular flexibility index (Phi) is 7.45. The van der Waals surface area contributed by atoms with Crippen molar-refractivity contribution in [1.82, 2.24) is 20.0 Å². The number of halogens is 2. The van der Waals surface area contributed by atoms with Crippen LogP contribution in [0.3, 0.4) is 0 Å². The second-order valence-electron chi connectivity index (χ2n) is 6.05. The number of fused-ring (bicyclic) bond motifs is 1. The molecule has 0 fully saturated rings. The van der Waals surface area contributed by atoms with Crippen LogP contribution in [0.4, 0.5) is 0 Å². The summed E-state index contributed by atoms with van der Waals surface area (Å²) in [4.78, 5) is 8.88. The minimum atomic E-state index is 0. The first kappa shape index (κ1) is 20.7. The Labute approximate surface area is 179 Å². The lowest BCUT2D eigenvalue weighted by molar-refractivity contribution is 0.796. The molecule has 0 atom stereocenters. The quantitative estimate of drug-likeness (QED) is 0.304. The van der Waals surface area contributed by atoms with Gasteiger partial charge in [-0.25, -0.2) is 4.98 Å². The van der Waals surface area contributed by atoms with Crippen LogP contribution in [-0.2, 0) is 13.1 Å². The zero-order valence-electron chi connectivity index (χ0n) is 15.1. The number of nitrogens with one attached hydrogen (secondary N) is 2. The summed E-state index contributed by atoms with van der Waals surface area (Å²) >= 11 is 3.47. The molecule has 26 heavy (non-hydrogen) atoms. The summed E-state index contributed by atoms with van der Waals surface area (Å²) in [6.45, 7) is 5.60. The summed E-state index contributed by atoms with van der Waals surface area (Å²) < 4.78 is 3.04. The minimum Gasteiger partial charge on any atom is -0.352 e. The van der Waals surface area contributed by atoms with E-state index in [-0.39, 0.29) is 24.0 Å². The molecule has 0 aliphatic carbocycles. The van der Waals surface area contributed by atoms with Crippen molar-refractivity contribution >= 4 is 51.5 Å². The van der Waals surface area contributed by atoms with Crippen LogP contribution in [0.1, 0.15) is 22.4 Å². The van der Waals surface area contributed by atoms with Gasteiger partial charge in [0.25, 0.3) is 0 Å². The number of aryl methyl sites for hydroxylation is 2. The molecule has 3 rings (SSSR count). The Morgan fingerprint density at radius 1 is 1.12 bits per heavy atom. The number of nitrogens with zero attached hydrogens (tertiary/aromatic N) is 3. The van der Waals surface area contributed by atoms with Gasteiger partial charge in [0.1, 0.15) is 5.65 Å². The van der Waals surface area contributed by atoms with E-state index in [2.05, 4.69) is 68.6 Å². The third-order valence-corrected chi connectivity index (χ3v) is 4.54. The summed E-state index contributed by atoms with van der Waals surface area (Å²) in [6, 6.07) is 10.5. The van der Waals surface area contributed by atoms with Crippen LogP contribution in [-0.4, -0.2) is 22.4 Å². The number of aliphatic imine (C=N–C) groups is 1. The largest absolute Gasteiger partial charge is 0.352 e. The molecule has 1 aromatic carbocycles. The van der Waals surface area contributed by atoms with Gasteiger partial charge in [0.2, 0.25) is 0 Å². The van der Waals surface area contributed by atoms with Gasteiger partial charge in [-0.15, -0.1) is 24.0 Å². The van der Waals surface area contributed by atoms with Gasteiger partial charge in [0.05, 0.1) is 12.2 Å². The maximum Gasteiger partial charge on any atom is 0.191 e. The molecule has 0 bridgehead atoms. The van der Waals surface area contributed by atoms with Crippen LogP contribution in [0.2, 0.25) is 0 Å². The SMILES string of the molecule is CN=C(NCc1cn2cc(Br)ccc2n1)NCc1ccc(C)cc1C.I. The highest BCUT2D eigenvalue weighted by molar-refractivity contribution is 14.0. The van der Waals surface area contributed by atoms with Gasteiger partial charge in [0.15, 0.2) is 5.96 Å². The number of pyridine rings is 1. The average molecular weight is 528 g/mol. The first-order valence-electron chi connectivity index (χ1n) is 8.19. The molecule has 7 heteroatoms. The van der Waals surface area contributed by atoms with Gasteiger partial charge < -0.3 is 15.0 Å². The van der Waals surface area contributed by atoms with Crippen molar-refractivity contribution in [2.75, 3.05) is 7.05 Å². The fourth-order valence-corrected chi connectivity index (χ4v) is 3.07. The first-order chi connectivity index (χ1) is 12.0. The molecule has 0 amide bonds. The first-order valence-corrected chi connectivity index (χ1v) is 8.98. The molecule has 0 saturated carbocycles. The average Bonchev–Trinajstić information content (AvgIpc) is 2.98. The zero-order valence-corrected chi connectivity index (χ0v) is 19.0. The van der Waals surface area contributed by atoms with Crippen molar-refractivity contribution < 1.29 is 0 Å². The molecule has 3 aromatic rings. The van der Waals surface area contributed by atoms with Gasteiger partial charge in [-0.1, -0.05) is 23.8 Å². The molecular weight excluding hydrogens is 505 g/mol. The molecule has 0 aliphatic rings.